The van der Waals surface area contributed by atoms with Gasteiger partial charge in [-0.25, -0.2) is 0 Å². The van der Waals surface area contributed by atoms with E-state index >= 15 is 0 Å². The van der Waals surface area contributed by atoms with Crippen molar-refractivity contribution in [3.63, 3.8) is 0 Å². The molecular weight excluding hydrogens is 208 g/mol. The SMILES string of the molecule is O=Cc1ccccc1-c1ccsc1C=O. The third-order valence-corrected chi connectivity index (χ3v) is 3.02. The van der Waals surface area contributed by atoms with Crippen LogP contribution in [0.3, 0.4) is 0 Å². The highest BCUT2D eigenvalue weighted by atomic mass is 32.1. The third kappa shape index (κ3) is 1.74. The van der Waals surface area contributed by atoms with Crippen molar-refractivity contribution in [2.24, 2.45) is 0 Å². The molecule has 3 heteroatoms. The minimum absolute atomic E-state index is 0.610. The van der Waals surface area contributed by atoms with Gasteiger partial charge in [0, 0.05) is 11.1 Å². The molecule has 0 aliphatic rings. The standard InChI is InChI=1S/C12H8O2S/c13-7-9-3-1-2-4-10(9)11-5-6-15-12(11)8-14/h1-8H. The summed E-state index contributed by atoms with van der Waals surface area (Å²) in [6.07, 6.45) is 1.63. The fourth-order valence-electron chi connectivity index (χ4n) is 1.48. The smallest absolute Gasteiger partial charge is 0.160 e. The van der Waals surface area contributed by atoms with Gasteiger partial charge in [-0.2, -0.15) is 0 Å². The fraction of sp³-hybridized carbons (Fsp3) is 0. The van der Waals surface area contributed by atoms with E-state index in [1.807, 2.05) is 23.6 Å². The van der Waals surface area contributed by atoms with Gasteiger partial charge >= 0.3 is 0 Å². The summed E-state index contributed by atoms with van der Waals surface area (Å²) < 4.78 is 0. The minimum Gasteiger partial charge on any atom is -0.298 e. The summed E-state index contributed by atoms with van der Waals surface area (Å²) >= 11 is 1.38. The van der Waals surface area contributed by atoms with Crippen molar-refractivity contribution < 1.29 is 9.59 Å². The zero-order valence-electron chi connectivity index (χ0n) is 7.84. The molecule has 1 heterocycles. The van der Waals surface area contributed by atoms with Crippen LogP contribution in [0.5, 0.6) is 0 Å². The van der Waals surface area contributed by atoms with Crippen LogP contribution in [-0.4, -0.2) is 12.6 Å². The second-order valence-corrected chi connectivity index (χ2v) is 3.97. The zero-order chi connectivity index (χ0) is 10.7. The van der Waals surface area contributed by atoms with Gasteiger partial charge in [0.1, 0.15) is 0 Å². The predicted molar refractivity (Wildman–Crippen MR) is 60.5 cm³/mol. The van der Waals surface area contributed by atoms with E-state index < -0.39 is 0 Å². The number of carbonyl (C=O) groups is 2. The molecule has 0 saturated carbocycles. The molecule has 2 aromatic rings. The van der Waals surface area contributed by atoms with E-state index in [2.05, 4.69) is 0 Å². The first-order valence-electron chi connectivity index (χ1n) is 4.44. The molecule has 1 aromatic heterocycles. The lowest BCUT2D eigenvalue weighted by molar-refractivity contribution is 0.111. The molecule has 0 fully saturated rings. The van der Waals surface area contributed by atoms with Crippen molar-refractivity contribution in [1.82, 2.24) is 0 Å². The predicted octanol–water partition coefficient (Wildman–Crippen LogP) is 3.04. The lowest BCUT2D eigenvalue weighted by atomic mass is 10.0. The molecule has 0 saturated heterocycles. The highest BCUT2D eigenvalue weighted by molar-refractivity contribution is 7.12. The molecule has 0 atom stereocenters. The lowest BCUT2D eigenvalue weighted by Crippen LogP contribution is -1.87. The Balaban J connectivity index is 2.63. The van der Waals surface area contributed by atoms with Gasteiger partial charge in [-0.3, -0.25) is 9.59 Å². The number of thiophene rings is 1. The number of hydrogen-bond acceptors (Lipinski definition) is 3. The van der Waals surface area contributed by atoms with Gasteiger partial charge in [-0.15, -0.1) is 11.3 Å². The number of aldehydes is 2. The molecule has 0 unspecified atom stereocenters. The summed E-state index contributed by atoms with van der Waals surface area (Å²) in [6, 6.07) is 9.11. The largest absolute Gasteiger partial charge is 0.298 e. The topological polar surface area (TPSA) is 34.1 Å². The van der Waals surface area contributed by atoms with Crippen molar-refractivity contribution in [3.8, 4) is 11.1 Å². The maximum Gasteiger partial charge on any atom is 0.160 e. The van der Waals surface area contributed by atoms with Crippen LogP contribution in [-0.2, 0) is 0 Å². The number of rotatable bonds is 3. The highest BCUT2D eigenvalue weighted by Crippen LogP contribution is 2.28. The maximum absolute atomic E-state index is 10.8. The second kappa shape index (κ2) is 4.19. The van der Waals surface area contributed by atoms with E-state index in [0.29, 0.717) is 10.4 Å². The lowest BCUT2D eigenvalue weighted by Gasteiger charge is -2.02. The first kappa shape index (κ1) is 9.80. The van der Waals surface area contributed by atoms with Gasteiger partial charge < -0.3 is 0 Å². The summed E-state index contributed by atoms with van der Waals surface area (Å²) in [5, 5.41) is 1.85. The average Bonchev–Trinajstić information content (AvgIpc) is 2.76. The Hall–Kier alpha value is -1.74. The number of carbonyl (C=O) groups excluding carboxylic acids is 2. The molecule has 0 aliphatic heterocycles. The van der Waals surface area contributed by atoms with Crippen molar-refractivity contribution in [2.45, 2.75) is 0 Å². The molecule has 0 amide bonds. The summed E-state index contributed by atoms with van der Waals surface area (Å²) in [5.74, 6) is 0. The van der Waals surface area contributed by atoms with Gasteiger partial charge in [0.25, 0.3) is 0 Å². The van der Waals surface area contributed by atoms with Gasteiger partial charge in [0.05, 0.1) is 4.88 Å². The molecular formula is C12H8O2S. The summed E-state index contributed by atoms with van der Waals surface area (Å²) in [4.78, 5) is 22.3. The van der Waals surface area contributed by atoms with Crippen LogP contribution in [0.2, 0.25) is 0 Å². The van der Waals surface area contributed by atoms with E-state index in [4.69, 9.17) is 0 Å². The monoisotopic (exact) mass is 216 g/mol. The normalized spacial score (nSPS) is 9.87. The Morgan fingerprint density at radius 1 is 0.933 bits per heavy atom. The Morgan fingerprint density at radius 2 is 1.73 bits per heavy atom. The van der Waals surface area contributed by atoms with Gasteiger partial charge in [-0.05, 0) is 17.0 Å². The number of benzene rings is 1. The summed E-state index contributed by atoms with van der Waals surface area (Å²) in [6.45, 7) is 0. The molecule has 1 aromatic carbocycles. The summed E-state index contributed by atoms with van der Waals surface area (Å²) in [7, 11) is 0. The Kier molecular flexibility index (Phi) is 2.74. The van der Waals surface area contributed by atoms with Crippen molar-refractivity contribution in [3.05, 3.63) is 46.2 Å². The zero-order valence-corrected chi connectivity index (χ0v) is 8.66. The molecule has 2 rings (SSSR count). The molecule has 0 N–H and O–H groups in total. The molecule has 0 bridgehead atoms. The molecule has 0 spiro atoms. The average molecular weight is 216 g/mol. The van der Waals surface area contributed by atoms with Crippen LogP contribution < -0.4 is 0 Å². The van der Waals surface area contributed by atoms with E-state index in [-0.39, 0.29) is 0 Å². The van der Waals surface area contributed by atoms with Gasteiger partial charge in [0.2, 0.25) is 0 Å². The number of hydrogen-bond donors (Lipinski definition) is 0. The maximum atomic E-state index is 10.8. The third-order valence-electron chi connectivity index (χ3n) is 2.18. The van der Waals surface area contributed by atoms with Crippen LogP contribution in [0.15, 0.2) is 35.7 Å². The Labute approximate surface area is 91.2 Å². The van der Waals surface area contributed by atoms with E-state index in [1.54, 1.807) is 12.1 Å². The van der Waals surface area contributed by atoms with Crippen LogP contribution in [0.1, 0.15) is 20.0 Å². The quantitative estimate of drug-likeness (QED) is 0.739. The molecule has 0 radical (unpaired) electrons. The molecule has 15 heavy (non-hydrogen) atoms. The second-order valence-electron chi connectivity index (χ2n) is 3.02. The van der Waals surface area contributed by atoms with Crippen LogP contribution in [0, 0.1) is 0 Å². The van der Waals surface area contributed by atoms with Crippen molar-refractivity contribution in [2.75, 3.05) is 0 Å². The molecule has 2 nitrogen and oxygen atoms in total. The molecule has 74 valence electrons. The van der Waals surface area contributed by atoms with Gasteiger partial charge in [-0.1, -0.05) is 24.3 Å². The van der Waals surface area contributed by atoms with Crippen LogP contribution in [0.4, 0.5) is 0 Å². The first-order valence-corrected chi connectivity index (χ1v) is 5.32. The van der Waals surface area contributed by atoms with E-state index in [1.165, 1.54) is 11.3 Å². The highest BCUT2D eigenvalue weighted by Gasteiger charge is 2.09. The van der Waals surface area contributed by atoms with Crippen molar-refractivity contribution >= 4 is 23.9 Å². The first-order chi connectivity index (χ1) is 7.36. The Morgan fingerprint density at radius 3 is 2.47 bits per heavy atom. The van der Waals surface area contributed by atoms with Crippen LogP contribution in [0.25, 0.3) is 11.1 Å². The Bertz CT molecular complexity index is 500. The summed E-state index contributed by atoms with van der Waals surface area (Å²) in [5.41, 5.74) is 2.26. The van der Waals surface area contributed by atoms with E-state index in [9.17, 15) is 9.59 Å². The fourth-order valence-corrected chi connectivity index (χ4v) is 2.19. The molecule has 0 aliphatic carbocycles. The minimum atomic E-state index is 0.610. The van der Waals surface area contributed by atoms with Crippen LogP contribution >= 0.6 is 11.3 Å². The van der Waals surface area contributed by atoms with E-state index in [0.717, 1.165) is 23.7 Å². The van der Waals surface area contributed by atoms with Crippen molar-refractivity contribution in [1.29, 1.82) is 0 Å². The van der Waals surface area contributed by atoms with Gasteiger partial charge in [0.15, 0.2) is 12.6 Å².